The Balaban J connectivity index is 1.66. The molecule has 1 amide bonds. The number of fused-ring (bicyclic) bond motifs is 2. The van der Waals surface area contributed by atoms with E-state index in [0.717, 1.165) is 36.6 Å². The topological polar surface area (TPSA) is 68.5 Å². The third-order valence-electron chi connectivity index (χ3n) is 4.89. The lowest BCUT2D eigenvalue weighted by molar-refractivity contribution is 0.0938. The molecule has 0 saturated carbocycles. The highest BCUT2D eigenvalue weighted by atomic mass is 19.1. The summed E-state index contributed by atoms with van der Waals surface area (Å²) in [7, 11) is 0. The summed E-state index contributed by atoms with van der Waals surface area (Å²) in [5, 5.41) is 2.90. The molecule has 0 radical (unpaired) electrons. The van der Waals surface area contributed by atoms with E-state index in [1.807, 2.05) is 24.3 Å². The Kier molecular flexibility index (Phi) is 4.86. The molecule has 3 aromatic rings. The van der Waals surface area contributed by atoms with Crippen molar-refractivity contribution in [1.82, 2.24) is 5.32 Å². The minimum Gasteiger partial charge on any atom is -0.494 e. The molecular formula is C22H20FNO4. The maximum Gasteiger partial charge on any atom is 0.288 e. The van der Waals surface area contributed by atoms with E-state index in [1.165, 1.54) is 12.1 Å². The number of ether oxygens (including phenoxy) is 1. The molecule has 1 N–H and O–H groups in total. The van der Waals surface area contributed by atoms with Crippen molar-refractivity contribution in [1.29, 1.82) is 0 Å². The van der Waals surface area contributed by atoms with Crippen LogP contribution in [0.4, 0.5) is 4.39 Å². The van der Waals surface area contributed by atoms with Crippen LogP contribution in [-0.4, -0.2) is 12.5 Å². The fourth-order valence-electron chi connectivity index (χ4n) is 3.43. The molecule has 1 atom stereocenters. The lowest BCUT2D eigenvalue weighted by atomic mass is 9.99. The quantitative estimate of drug-likeness (QED) is 0.645. The fraction of sp³-hybridized carbons (Fsp3) is 0.273. The summed E-state index contributed by atoms with van der Waals surface area (Å²) in [5.41, 5.74) is 0.728. The van der Waals surface area contributed by atoms with Crippen LogP contribution >= 0.6 is 0 Å². The summed E-state index contributed by atoms with van der Waals surface area (Å²) in [6, 6.07) is 10.3. The van der Waals surface area contributed by atoms with Crippen molar-refractivity contribution < 1.29 is 18.3 Å². The minimum atomic E-state index is -0.638. The Bertz CT molecular complexity index is 1090. The van der Waals surface area contributed by atoms with Crippen LogP contribution in [0.5, 0.6) is 5.75 Å². The molecule has 28 heavy (non-hydrogen) atoms. The Morgan fingerprint density at radius 2 is 1.89 bits per heavy atom. The van der Waals surface area contributed by atoms with E-state index >= 15 is 0 Å². The second-order valence-corrected chi connectivity index (χ2v) is 6.85. The number of carbonyl (C=O) groups is 1. The van der Waals surface area contributed by atoms with Crippen LogP contribution in [-0.2, 0) is 0 Å². The molecule has 1 aliphatic rings. The molecule has 5 nitrogen and oxygen atoms in total. The fourth-order valence-corrected chi connectivity index (χ4v) is 3.43. The first kappa shape index (κ1) is 18.2. The molecule has 6 heteroatoms. The van der Waals surface area contributed by atoms with E-state index in [0.29, 0.717) is 6.61 Å². The Morgan fingerprint density at radius 1 is 1.11 bits per heavy atom. The van der Waals surface area contributed by atoms with Gasteiger partial charge in [-0.15, -0.1) is 0 Å². The molecule has 1 aromatic heterocycles. The zero-order valence-corrected chi connectivity index (χ0v) is 15.5. The molecule has 1 unspecified atom stereocenters. The van der Waals surface area contributed by atoms with Crippen molar-refractivity contribution in [2.24, 2.45) is 0 Å². The molecule has 0 bridgehead atoms. The van der Waals surface area contributed by atoms with Gasteiger partial charge in [0.25, 0.3) is 5.91 Å². The van der Waals surface area contributed by atoms with Crippen LogP contribution in [0.1, 0.15) is 53.9 Å². The van der Waals surface area contributed by atoms with Gasteiger partial charge >= 0.3 is 0 Å². The largest absolute Gasteiger partial charge is 0.494 e. The minimum absolute atomic E-state index is 0.0194. The number of hydrogen-bond donors (Lipinski definition) is 1. The van der Waals surface area contributed by atoms with Crippen LogP contribution in [0.15, 0.2) is 51.7 Å². The first-order valence-corrected chi connectivity index (χ1v) is 9.38. The highest BCUT2D eigenvalue weighted by Gasteiger charge is 2.35. The van der Waals surface area contributed by atoms with Gasteiger partial charge in [0.2, 0.25) is 5.76 Å². The van der Waals surface area contributed by atoms with Crippen molar-refractivity contribution in [3.8, 4) is 5.75 Å². The van der Waals surface area contributed by atoms with E-state index in [4.69, 9.17) is 9.15 Å². The molecule has 0 saturated heterocycles. The summed E-state index contributed by atoms with van der Waals surface area (Å²) in [6.45, 7) is 2.79. The van der Waals surface area contributed by atoms with E-state index in [9.17, 15) is 14.0 Å². The number of amides is 1. The Labute approximate surface area is 161 Å². The Hall–Kier alpha value is -3.15. The van der Waals surface area contributed by atoms with Crippen molar-refractivity contribution in [3.05, 3.63) is 75.4 Å². The molecule has 144 valence electrons. The predicted molar refractivity (Wildman–Crippen MR) is 103 cm³/mol. The predicted octanol–water partition coefficient (Wildman–Crippen LogP) is 4.33. The first-order valence-electron chi connectivity index (χ1n) is 9.38. The van der Waals surface area contributed by atoms with E-state index in [-0.39, 0.29) is 22.3 Å². The van der Waals surface area contributed by atoms with E-state index < -0.39 is 23.2 Å². The van der Waals surface area contributed by atoms with E-state index in [1.54, 1.807) is 0 Å². The molecule has 2 heterocycles. The van der Waals surface area contributed by atoms with Gasteiger partial charge in [-0.05, 0) is 42.3 Å². The second kappa shape index (κ2) is 7.46. The molecule has 2 aromatic carbocycles. The molecule has 0 aliphatic carbocycles. The molecule has 1 aliphatic heterocycles. The zero-order chi connectivity index (χ0) is 19.7. The van der Waals surface area contributed by atoms with Crippen molar-refractivity contribution in [2.75, 3.05) is 6.61 Å². The first-order chi connectivity index (χ1) is 13.6. The number of halogens is 1. The lowest BCUT2D eigenvalue weighted by Crippen LogP contribution is -2.21. The van der Waals surface area contributed by atoms with Gasteiger partial charge < -0.3 is 14.5 Å². The van der Waals surface area contributed by atoms with Gasteiger partial charge in [-0.3, -0.25) is 9.59 Å². The van der Waals surface area contributed by atoms with Crippen LogP contribution in [0.25, 0.3) is 11.0 Å². The van der Waals surface area contributed by atoms with Crippen LogP contribution < -0.4 is 15.5 Å². The molecular weight excluding hydrogens is 361 g/mol. The summed E-state index contributed by atoms with van der Waals surface area (Å²) in [4.78, 5) is 25.3. The van der Waals surface area contributed by atoms with Crippen LogP contribution in [0.2, 0.25) is 0 Å². The number of carbonyl (C=O) groups excluding carboxylic acids is 1. The van der Waals surface area contributed by atoms with Crippen molar-refractivity contribution >= 4 is 16.9 Å². The average molecular weight is 381 g/mol. The summed E-state index contributed by atoms with van der Waals surface area (Å²) >= 11 is 0. The summed E-state index contributed by atoms with van der Waals surface area (Å²) in [5.74, 6) is -0.271. The third kappa shape index (κ3) is 3.26. The SMILES string of the molecule is CCCCCOc1ccc(C2NC(=O)c3oc4ccc(F)cc4c(=O)c32)cc1. The van der Waals surface area contributed by atoms with Gasteiger partial charge in [0.15, 0.2) is 5.43 Å². The monoisotopic (exact) mass is 381 g/mol. The second-order valence-electron chi connectivity index (χ2n) is 6.85. The van der Waals surface area contributed by atoms with Gasteiger partial charge in [-0.1, -0.05) is 31.9 Å². The number of nitrogens with one attached hydrogen (secondary N) is 1. The standard InChI is InChI=1S/C22H20FNO4/c1-2-3-4-11-27-15-8-5-13(6-9-15)19-18-20(25)16-12-14(23)7-10-17(16)28-21(18)22(26)24-19/h5-10,12,19H,2-4,11H2,1H3,(H,24,26). The van der Waals surface area contributed by atoms with Crippen molar-refractivity contribution in [2.45, 2.75) is 32.2 Å². The van der Waals surface area contributed by atoms with Gasteiger partial charge in [0.05, 0.1) is 23.6 Å². The number of rotatable bonds is 6. The third-order valence-corrected chi connectivity index (χ3v) is 4.89. The van der Waals surface area contributed by atoms with Gasteiger partial charge in [-0.25, -0.2) is 4.39 Å². The Morgan fingerprint density at radius 3 is 2.64 bits per heavy atom. The molecule has 0 fully saturated rings. The van der Waals surface area contributed by atoms with Crippen molar-refractivity contribution in [3.63, 3.8) is 0 Å². The van der Waals surface area contributed by atoms with Gasteiger partial charge in [-0.2, -0.15) is 0 Å². The number of unbranched alkanes of at least 4 members (excludes halogenated alkanes) is 2. The van der Waals surface area contributed by atoms with Gasteiger partial charge in [0.1, 0.15) is 17.1 Å². The lowest BCUT2D eigenvalue weighted by Gasteiger charge is -2.13. The highest BCUT2D eigenvalue weighted by molar-refractivity contribution is 5.98. The normalized spacial score (nSPS) is 15.5. The number of hydrogen-bond acceptors (Lipinski definition) is 4. The highest BCUT2D eigenvalue weighted by Crippen LogP contribution is 2.31. The molecule has 4 rings (SSSR count). The zero-order valence-electron chi connectivity index (χ0n) is 15.5. The van der Waals surface area contributed by atoms with E-state index in [2.05, 4.69) is 12.2 Å². The van der Waals surface area contributed by atoms with Crippen LogP contribution in [0, 0.1) is 5.82 Å². The molecule has 0 spiro atoms. The smallest absolute Gasteiger partial charge is 0.288 e. The number of benzene rings is 2. The summed E-state index contributed by atoms with van der Waals surface area (Å²) < 4.78 is 24.9. The average Bonchev–Trinajstić information content (AvgIpc) is 3.03. The van der Waals surface area contributed by atoms with Crippen LogP contribution in [0.3, 0.4) is 0 Å². The maximum absolute atomic E-state index is 13.6. The summed E-state index contributed by atoms with van der Waals surface area (Å²) in [6.07, 6.45) is 3.24. The maximum atomic E-state index is 13.6. The van der Waals surface area contributed by atoms with Gasteiger partial charge in [0, 0.05) is 0 Å².